The Bertz CT molecular complexity index is 276. The molecule has 0 saturated heterocycles. The molecule has 0 aliphatic heterocycles. The fourth-order valence-corrected chi connectivity index (χ4v) is 1.38. The Morgan fingerprint density at radius 3 is 2.46 bits per heavy atom. The molecule has 0 aromatic heterocycles. The first-order valence-electron chi connectivity index (χ1n) is 3.87. The molecule has 0 radical (unpaired) electrons. The summed E-state index contributed by atoms with van der Waals surface area (Å²) in [6, 6.07) is 9.05. The lowest BCUT2D eigenvalue weighted by Crippen LogP contribution is -2.30. The van der Waals surface area contributed by atoms with E-state index >= 15 is 0 Å². The minimum Gasteiger partial charge on any atom is -0.465 e. The van der Waals surface area contributed by atoms with Gasteiger partial charge in [-0.2, -0.15) is 0 Å². The van der Waals surface area contributed by atoms with Gasteiger partial charge in [0.1, 0.15) is 0 Å². The van der Waals surface area contributed by atoms with E-state index in [1.165, 1.54) is 4.90 Å². The van der Waals surface area contributed by atoms with E-state index in [4.69, 9.17) is 5.11 Å². The van der Waals surface area contributed by atoms with Gasteiger partial charge < -0.3 is 5.11 Å². The van der Waals surface area contributed by atoms with Crippen LogP contribution in [0.5, 0.6) is 0 Å². The summed E-state index contributed by atoms with van der Waals surface area (Å²) in [5, 5.41) is 9.50. The van der Waals surface area contributed by atoms with Crippen LogP contribution in [0.2, 0.25) is 0 Å². The van der Waals surface area contributed by atoms with Crippen molar-refractivity contribution in [2.75, 3.05) is 16.8 Å². The summed E-state index contributed by atoms with van der Waals surface area (Å²) < 4.78 is 0. The first-order chi connectivity index (χ1) is 6.25. The number of amides is 1. The third kappa shape index (κ3) is 2.73. The summed E-state index contributed by atoms with van der Waals surface area (Å²) in [6.45, 7) is 0.458. The molecule has 0 saturated carbocycles. The molecule has 1 aromatic carbocycles. The van der Waals surface area contributed by atoms with Crippen molar-refractivity contribution in [2.24, 2.45) is 0 Å². The average molecular weight is 244 g/mol. The highest BCUT2D eigenvalue weighted by atomic mass is 79.9. The third-order valence-electron chi connectivity index (χ3n) is 1.61. The van der Waals surface area contributed by atoms with E-state index in [2.05, 4.69) is 15.9 Å². The van der Waals surface area contributed by atoms with E-state index in [1.54, 1.807) is 12.1 Å². The predicted molar refractivity (Wildman–Crippen MR) is 55.6 cm³/mol. The number of para-hydroxylation sites is 1. The van der Waals surface area contributed by atoms with Gasteiger partial charge in [0.2, 0.25) is 0 Å². The van der Waals surface area contributed by atoms with Crippen molar-refractivity contribution < 1.29 is 9.90 Å². The number of benzene rings is 1. The van der Waals surface area contributed by atoms with Crippen LogP contribution in [0, 0.1) is 0 Å². The zero-order valence-electron chi connectivity index (χ0n) is 6.98. The van der Waals surface area contributed by atoms with Gasteiger partial charge >= 0.3 is 6.09 Å². The number of hydrogen-bond acceptors (Lipinski definition) is 1. The van der Waals surface area contributed by atoms with Crippen LogP contribution in [0.25, 0.3) is 0 Å². The van der Waals surface area contributed by atoms with Gasteiger partial charge in [-0.1, -0.05) is 34.1 Å². The van der Waals surface area contributed by atoms with E-state index in [9.17, 15) is 4.79 Å². The second-order valence-corrected chi connectivity index (χ2v) is 3.25. The normalized spacial score (nSPS) is 9.62. The Kier molecular flexibility index (Phi) is 3.76. The van der Waals surface area contributed by atoms with Gasteiger partial charge in [0, 0.05) is 17.6 Å². The standard InChI is InChI=1S/C9H10BrNO2/c10-6-7-11(9(12)13)8-4-2-1-3-5-8/h1-5H,6-7H2,(H,12,13). The molecule has 3 nitrogen and oxygen atoms in total. The average Bonchev–Trinajstić information content (AvgIpc) is 2.15. The largest absolute Gasteiger partial charge is 0.465 e. The summed E-state index contributed by atoms with van der Waals surface area (Å²) in [5.74, 6) is 0. The number of carbonyl (C=O) groups is 1. The molecule has 4 heteroatoms. The van der Waals surface area contributed by atoms with Crippen LogP contribution in [0.1, 0.15) is 0 Å². The second kappa shape index (κ2) is 4.87. The maximum atomic E-state index is 10.8. The fraction of sp³-hybridized carbons (Fsp3) is 0.222. The van der Waals surface area contributed by atoms with Gasteiger partial charge in [0.15, 0.2) is 0 Å². The monoisotopic (exact) mass is 243 g/mol. The summed E-state index contributed by atoms with van der Waals surface area (Å²) in [5.41, 5.74) is 0.703. The molecule has 0 unspecified atom stereocenters. The van der Waals surface area contributed by atoms with Crippen molar-refractivity contribution in [3.8, 4) is 0 Å². The molecule has 0 spiro atoms. The van der Waals surface area contributed by atoms with Crippen molar-refractivity contribution in [3.05, 3.63) is 30.3 Å². The van der Waals surface area contributed by atoms with Crippen molar-refractivity contribution in [3.63, 3.8) is 0 Å². The van der Waals surface area contributed by atoms with Crippen LogP contribution in [-0.4, -0.2) is 23.1 Å². The molecule has 1 N–H and O–H groups in total. The molecule has 1 rings (SSSR count). The smallest absolute Gasteiger partial charge is 0.411 e. The fourth-order valence-electron chi connectivity index (χ4n) is 1.03. The van der Waals surface area contributed by atoms with Crippen LogP contribution >= 0.6 is 15.9 Å². The summed E-state index contributed by atoms with van der Waals surface area (Å²) in [7, 11) is 0. The highest BCUT2D eigenvalue weighted by molar-refractivity contribution is 9.09. The van der Waals surface area contributed by atoms with Gasteiger partial charge in [-0.25, -0.2) is 4.79 Å². The van der Waals surface area contributed by atoms with Crippen molar-refractivity contribution in [1.82, 2.24) is 0 Å². The van der Waals surface area contributed by atoms with Crippen LogP contribution < -0.4 is 4.90 Å². The van der Waals surface area contributed by atoms with E-state index in [-0.39, 0.29) is 0 Å². The number of alkyl halides is 1. The SMILES string of the molecule is O=C(O)N(CCBr)c1ccccc1. The molecule has 70 valence electrons. The summed E-state index contributed by atoms with van der Waals surface area (Å²) in [6.07, 6.45) is -0.925. The summed E-state index contributed by atoms with van der Waals surface area (Å²) in [4.78, 5) is 12.1. The van der Waals surface area contributed by atoms with E-state index in [0.29, 0.717) is 17.6 Å². The van der Waals surface area contributed by atoms with Crippen LogP contribution in [0.15, 0.2) is 30.3 Å². The van der Waals surface area contributed by atoms with Gasteiger partial charge in [-0.3, -0.25) is 4.90 Å². The molecule has 0 fully saturated rings. The lowest BCUT2D eigenvalue weighted by Gasteiger charge is -2.17. The van der Waals surface area contributed by atoms with Crippen LogP contribution in [0.3, 0.4) is 0 Å². The highest BCUT2D eigenvalue weighted by Crippen LogP contribution is 2.13. The quantitative estimate of drug-likeness (QED) is 0.830. The van der Waals surface area contributed by atoms with Crippen molar-refractivity contribution in [1.29, 1.82) is 0 Å². The zero-order valence-corrected chi connectivity index (χ0v) is 8.57. The van der Waals surface area contributed by atoms with Crippen LogP contribution in [0.4, 0.5) is 10.5 Å². The number of halogens is 1. The number of hydrogen-bond donors (Lipinski definition) is 1. The van der Waals surface area contributed by atoms with Crippen LogP contribution in [-0.2, 0) is 0 Å². The Morgan fingerprint density at radius 2 is 2.00 bits per heavy atom. The highest BCUT2D eigenvalue weighted by Gasteiger charge is 2.11. The minimum absolute atomic E-state index is 0.458. The molecule has 13 heavy (non-hydrogen) atoms. The Labute approximate surface area is 85.1 Å². The maximum absolute atomic E-state index is 10.8. The molecule has 0 bridgehead atoms. The molecule has 1 amide bonds. The number of rotatable bonds is 3. The topological polar surface area (TPSA) is 40.5 Å². The molecule has 0 aliphatic rings. The first kappa shape index (κ1) is 10.1. The molecular weight excluding hydrogens is 234 g/mol. The van der Waals surface area contributed by atoms with E-state index in [0.717, 1.165) is 0 Å². The molecule has 1 aromatic rings. The number of nitrogens with zero attached hydrogens (tertiary/aromatic N) is 1. The molecule has 0 heterocycles. The van der Waals surface area contributed by atoms with Crippen molar-refractivity contribution >= 4 is 27.7 Å². The van der Waals surface area contributed by atoms with Gasteiger partial charge in [-0.05, 0) is 12.1 Å². The third-order valence-corrected chi connectivity index (χ3v) is 1.96. The zero-order chi connectivity index (χ0) is 9.68. The lowest BCUT2D eigenvalue weighted by molar-refractivity contribution is 0.202. The Balaban J connectivity index is 2.82. The van der Waals surface area contributed by atoms with E-state index < -0.39 is 6.09 Å². The van der Waals surface area contributed by atoms with Crippen molar-refractivity contribution in [2.45, 2.75) is 0 Å². The number of anilines is 1. The molecule has 0 atom stereocenters. The predicted octanol–water partition coefficient (Wildman–Crippen LogP) is 2.57. The van der Waals surface area contributed by atoms with Gasteiger partial charge in [-0.15, -0.1) is 0 Å². The first-order valence-corrected chi connectivity index (χ1v) is 4.99. The minimum atomic E-state index is -0.925. The Morgan fingerprint density at radius 1 is 1.38 bits per heavy atom. The van der Waals surface area contributed by atoms with Gasteiger partial charge in [0.05, 0.1) is 0 Å². The second-order valence-electron chi connectivity index (χ2n) is 2.46. The summed E-state index contributed by atoms with van der Waals surface area (Å²) >= 11 is 3.21. The molecule has 0 aliphatic carbocycles. The number of carboxylic acid groups (broad SMARTS) is 1. The Hall–Kier alpha value is -1.03. The molecular formula is C9H10BrNO2. The maximum Gasteiger partial charge on any atom is 0.411 e. The lowest BCUT2D eigenvalue weighted by atomic mass is 10.3. The van der Waals surface area contributed by atoms with Gasteiger partial charge in [0.25, 0.3) is 0 Å². The van der Waals surface area contributed by atoms with E-state index in [1.807, 2.05) is 18.2 Å².